The number of aromatic nitrogens is 5. The van der Waals surface area contributed by atoms with Crippen molar-refractivity contribution in [2.75, 3.05) is 13.2 Å². The Hall–Kier alpha value is -4.89. The van der Waals surface area contributed by atoms with Crippen LogP contribution < -0.4 is 15.7 Å². The Morgan fingerprint density at radius 1 is 1.04 bits per heavy atom. The molecule has 1 aliphatic rings. The van der Waals surface area contributed by atoms with E-state index in [1.54, 1.807) is 22.9 Å². The van der Waals surface area contributed by atoms with Crippen molar-refractivity contribution in [2.45, 2.75) is 25.8 Å². The van der Waals surface area contributed by atoms with Gasteiger partial charge < -0.3 is 15.0 Å². The van der Waals surface area contributed by atoms with Gasteiger partial charge in [0, 0.05) is 29.7 Å². The lowest BCUT2D eigenvalue weighted by Crippen LogP contribution is -2.41. The van der Waals surface area contributed by atoms with Gasteiger partial charge in [0.15, 0.2) is 6.61 Å². The van der Waals surface area contributed by atoms with Crippen molar-refractivity contribution in [3.8, 4) is 17.1 Å². The Morgan fingerprint density at radius 3 is 2.51 bits per heavy atom. The lowest BCUT2D eigenvalue weighted by atomic mass is 10.1. The Kier molecular flexibility index (Phi) is 8.92. The van der Waals surface area contributed by atoms with E-state index in [4.69, 9.17) is 16.3 Å². The molecule has 2 aromatic heterocycles. The molecule has 5 aromatic rings. The first-order valence-corrected chi connectivity index (χ1v) is 15.3. The van der Waals surface area contributed by atoms with Crippen LogP contribution in [0.4, 0.5) is 13.2 Å². The maximum absolute atomic E-state index is 14.0. The Morgan fingerprint density at radius 2 is 1.81 bits per heavy atom. The van der Waals surface area contributed by atoms with Gasteiger partial charge in [0.1, 0.15) is 24.1 Å². The maximum Gasteiger partial charge on any atom is 0.422 e. The van der Waals surface area contributed by atoms with Crippen LogP contribution >= 0.6 is 27.5 Å². The highest BCUT2D eigenvalue weighted by Gasteiger charge is 2.33. The topological polar surface area (TPSA) is 116 Å². The van der Waals surface area contributed by atoms with Crippen molar-refractivity contribution in [2.24, 2.45) is 0 Å². The number of benzene rings is 3. The largest absolute Gasteiger partial charge is 0.484 e. The summed E-state index contributed by atoms with van der Waals surface area (Å²) >= 11 is 9.54. The zero-order chi connectivity index (χ0) is 33.3. The van der Waals surface area contributed by atoms with E-state index in [0.29, 0.717) is 26.3 Å². The lowest BCUT2D eigenvalue weighted by molar-refractivity contribution is -0.153. The molecule has 1 N–H and O–H groups in total. The van der Waals surface area contributed by atoms with Crippen LogP contribution in [-0.2, 0) is 19.6 Å². The zero-order valence-electron chi connectivity index (χ0n) is 24.2. The number of hydrogen-bond donors (Lipinski definition) is 1. The molecule has 0 aliphatic carbocycles. The highest BCUT2D eigenvalue weighted by Crippen LogP contribution is 2.27. The van der Waals surface area contributed by atoms with Gasteiger partial charge in [0.25, 0.3) is 11.8 Å². The van der Waals surface area contributed by atoms with Gasteiger partial charge in [-0.15, -0.1) is 0 Å². The summed E-state index contributed by atoms with van der Waals surface area (Å²) in [6, 6.07) is 17.4. The van der Waals surface area contributed by atoms with Gasteiger partial charge in [-0.2, -0.15) is 18.3 Å². The van der Waals surface area contributed by atoms with E-state index >= 15 is 0 Å². The fourth-order valence-electron chi connectivity index (χ4n) is 5.25. The van der Waals surface area contributed by atoms with Crippen LogP contribution in [0.15, 0.2) is 88.7 Å². The molecule has 0 unspecified atom stereocenters. The van der Waals surface area contributed by atoms with Crippen LogP contribution in [0.25, 0.3) is 11.4 Å². The van der Waals surface area contributed by atoms with E-state index in [2.05, 4.69) is 31.3 Å². The van der Waals surface area contributed by atoms with Gasteiger partial charge in [0.2, 0.25) is 0 Å². The number of amides is 2. The highest BCUT2D eigenvalue weighted by atomic mass is 79.9. The number of halogens is 5. The van der Waals surface area contributed by atoms with E-state index in [0.717, 1.165) is 0 Å². The molecule has 0 atom stereocenters. The number of para-hydroxylation sites is 1. The van der Waals surface area contributed by atoms with Gasteiger partial charge in [0.05, 0.1) is 28.6 Å². The van der Waals surface area contributed by atoms with Crippen LogP contribution in [0.3, 0.4) is 0 Å². The van der Waals surface area contributed by atoms with E-state index in [1.165, 1.54) is 57.0 Å². The predicted octanol–water partition coefficient (Wildman–Crippen LogP) is 5.16. The number of nitrogens with zero attached hydrogens (tertiary/aromatic N) is 6. The first-order valence-electron chi connectivity index (χ1n) is 14.1. The van der Waals surface area contributed by atoms with E-state index in [9.17, 15) is 27.6 Å². The summed E-state index contributed by atoms with van der Waals surface area (Å²) < 4.78 is 47.6. The Bertz CT molecular complexity index is 2010. The lowest BCUT2D eigenvalue weighted by Gasteiger charge is -2.28. The third-order valence-electron chi connectivity index (χ3n) is 7.44. The fraction of sp³-hybridized carbons (Fsp3) is 0.194. The number of imidazole rings is 1. The van der Waals surface area contributed by atoms with Crippen LogP contribution in [-0.4, -0.2) is 59.9 Å². The molecule has 0 radical (unpaired) electrons. The summed E-state index contributed by atoms with van der Waals surface area (Å²) in [6.45, 7) is -1.22. The number of nitrogens with one attached hydrogen (secondary N) is 1. The van der Waals surface area contributed by atoms with Gasteiger partial charge >= 0.3 is 11.9 Å². The molecule has 0 fully saturated rings. The molecular weight excluding hydrogens is 707 g/mol. The second-order valence-electron chi connectivity index (χ2n) is 10.5. The minimum absolute atomic E-state index is 0.0245. The van der Waals surface area contributed by atoms with Gasteiger partial charge in [-0.25, -0.2) is 14.5 Å². The summed E-state index contributed by atoms with van der Waals surface area (Å²) in [7, 11) is 0. The number of fused-ring (bicyclic) bond motifs is 1. The first kappa shape index (κ1) is 32.1. The van der Waals surface area contributed by atoms with Crippen LogP contribution in [0.2, 0.25) is 5.02 Å². The van der Waals surface area contributed by atoms with Gasteiger partial charge in [-0.05, 0) is 70.0 Å². The third-order valence-corrected chi connectivity index (χ3v) is 8.67. The number of rotatable bonds is 8. The van der Waals surface area contributed by atoms with Crippen molar-refractivity contribution in [3.63, 3.8) is 0 Å². The highest BCUT2D eigenvalue weighted by molar-refractivity contribution is 9.10. The second-order valence-corrected chi connectivity index (χ2v) is 11.7. The number of ether oxygens (including phenoxy) is 1. The minimum atomic E-state index is -4.53. The van der Waals surface area contributed by atoms with Crippen molar-refractivity contribution in [1.82, 2.24) is 34.1 Å². The minimum Gasteiger partial charge on any atom is -0.484 e. The van der Waals surface area contributed by atoms with Crippen molar-refractivity contribution >= 4 is 39.3 Å². The molecule has 0 saturated carbocycles. The van der Waals surface area contributed by atoms with E-state index in [-0.39, 0.29) is 54.9 Å². The van der Waals surface area contributed by atoms with Crippen molar-refractivity contribution in [1.29, 1.82) is 0 Å². The zero-order valence-corrected chi connectivity index (χ0v) is 26.6. The van der Waals surface area contributed by atoms with Gasteiger partial charge in [-0.1, -0.05) is 29.8 Å². The molecular formula is C31H24BrClF3N7O4. The van der Waals surface area contributed by atoms with Crippen molar-refractivity contribution in [3.05, 3.63) is 122 Å². The molecule has 6 rings (SSSR count). The number of hydrogen-bond acceptors (Lipinski definition) is 6. The maximum atomic E-state index is 14.0. The third kappa shape index (κ3) is 6.81. The summed E-state index contributed by atoms with van der Waals surface area (Å²) in [5.74, 6) is -1.02. The molecule has 0 spiro atoms. The molecule has 3 heterocycles. The van der Waals surface area contributed by atoms with Gasteiger partial charge in [-0.3, -0.25) is 18.7 Å². The Labute approximate surface area is 278 Å². The van der Waals surface area contributed by atoms with E-state index < -0.39 is 24.4 Å². The Balaban J connectivity index is 1.35. The quantitative estimate of drug-likeness (QED) is 0.236. The second kappa shape index (κ2) is 13.1. The summed E-state index contributed by atoms with van der Waals surface area (Å²) in [5, 5.41) is 7.40. The fourth-order valence-corrected chi connectivity index (χ4v) is 5.68. The SMILES string of the molecule is O=C(NCc1ccccc1-n1cncn1)c1c2n(c(=O)n1-c1ccc(OCC(F)(F)F)cc1)CCN(C(=O)c1ccc(Br)c(Cl)c1)C2. The average molecular weight is 731 g/mol. The molecule has 11 nitrogen and oxygen atoms in total. The van der Waals surface area contributed by atoms with Crippen molar-refractivity contribution < 1.29 is 27.5 Å². The molecule has 47 heavy (non-hydrogen) atoms. The molecule has 242 valence electrons. The molecule has 0 saturated heterocycles. The predicted molar refractivity (Wildman–Crippen MR) is 168 cm³/mol. The van der Waals surface area contributed by atoms with Crippen LogP contribution in [0.5, 0.6) is 5.75 Å². The van der Waals surface area contributed by atoms with Crippen LogP contribution in [0.1, 0.15) is 32.1 Å². The molecule has 0 bridgehead atoms. The molecule has 3 aromatic carbocycles. The molecule has 1 aliphatic heterocycles. The summed E-state index contributed by atoms with van der Waals surface area (Å²) in [6.07, 6.45) is -1.62. The summed E-state index contributed by atoms with van der Waals surface area (Å²) in [5.41, 5.74) is 1.67. The number of alkyl halides is 3. The summed E-state index contributed by atoms with van der Waals surface area (Å²) in [4.78, 5) is 46.8. The van der Waals surface area contributed by atoms with Crippen LogP contribution in [0, 0.1) is 0 Å². The average Bonchev–Trinajstić information content (AvgIpc) is 3.70. The number of carbonyl (C=O) groups excluding carboxylic acids is 2. The standard InChI is InChI=1S/C31H24BrClF3N7O4/c32-23-10-5-19(13-24(23)33)29(45)40-11-12-41-26(15-40)27(28(44)38-14-20-3-1-2-4-25(20)42-18-37-17-39-42)43(30(41)46)21-6-8-22(9-7-21)47-16-31(34,35)36/h1-10,13,17-18H,11-12,14-16H2,(H,38,44). The first-order chi connectivity index (χ1) is 22.5. The smallest absolute Gasteiger partial charge is 0.422 e. The molecule has 2 amide bonds. The van der Waals surface area contributed by atoms with E-state index in [1.807, 2.05) is 18.2 Å². The normalized spacial score (nSPS) is 12.9. The number of carbonyl (C=O) groups is 2. The monoisotopic (exact) mass is 729 g/mol. The molecule has 16 heteroatoms.